The van der Waals surface area contributed by atoms with E-state index in [2.05, 4.69) is 5.48 Å². The molecule has 0 spiro atoms. The third-order valence-electron chi connectivity index (χ3n) is 7.29. The van der Waals surface area contributed by atoms with Gasteiger partial charge in [0.15, 0.2) is 23.4 Å². The number of hydrogen-bond donors (Lipinski definition) is 3. The number of ether oxygens (including phenoxy) is 1. The maximum Gasteiger partial charge on any atom is 0.303 e. The molecule has 4 rings (SSSR count). The summed E-state index contributed by atoms with van der Waals surface area (Å²) in [7, 11) is 0. The van der Waals surface area contributed by atoms with Crippen LogP contribution >= 0.6 is 0 Å². The molecule has 1 saturated carbocycles. The van der Waals surface area contributed by atoms with E-state index in [1.54, 1.807) is 6.07 Å². The van der Waals surface area contributed by atoms with Crippen molar-refractivity contribution in [2.75, 3.05) is 0 Å². The average molecular weight is 431 g/mol. The number of aldehydes is 1. The molecule has 0 saturated heterocycles. The van der Waals surface area contributed by atoms with Crippen molar-refractivity contribution in [2.24, 2.45) is 5.92 Å². The van der Waals surface area contributed by atoms with Gasteiger partial charge in [-0.3, -0.25) is 9.59 Å². The highest BCUT2D eigenvalue weighted by Crippen LogP contribution is 2.64. The number of aliphatic hydroxyl groups is 1. The lowest BCUT2D eigenvalue weighted by atomic mass is 9.49. The Bertz CT molecular complexity index is 915. The second-order valence-corrected chi connectivity index (χ2v) is 9.04. The Morgan fingerprint density at radius 1 is 1.45 bits per heavy atom. The predicted molar refractivity (Wildman–Crippen MR) is 110 cm³/mol. The van der Waals surface area contributed by atoms with Crippen molar-refractivity contribution in [3.05, 3.63) is 23.3 Å². The van der Waals surface area contributed by atoms with Gasteiger partial charge >= 0.3 is 5.97 Å². The van der Waals surface area contributed by atoms with E-state index in [1.165, 1.54) is 0 Å². The minimum absolute atomic E-state index is 0.0134. The molecule has 1 aliphatic heterocycles. The van der Waals surface area contributed by atoms with Crippen molar-refractivity contribution in [3.63, 3.8) is 0 Å². The van der Waals surface area contributed by atoms with Gasteiger partial charge in [-0.25, -0.2) is 0 Å². The number of hydrogen-bond acceptors (Lipinski definition) is 7. The summed E-state index contributed by atoms with van der Waals surface area (Å²) in [5.41, 5.74) is 2.65. The molecule has 0 aromatic heterocycles. The van der Waals surface area contributed by atoms with Gasteiger partial charge in [0.1, 0.15) is 6.29 Å². The average Bonchev–Trinajstić information content (AvgIpc) is 3.09. The number of ketones is 1. The molecule has 0 bridgehead atoms. The second kappa shape index (κ2) is 7.91. The summed E-state index contributed by atoms with van der Waals surface area (Å²) in [6.07, 6.45) is 2.52. The first-order valence-corrected chi connectivity index (χ1v) is 11.0. The summed E-state index contributed by atoms with van der Waals surface area (Å²) >= 11 is 0. The Morgan fingerprint density at radius 3 is 2.90 bits per heavy atom. The van der Waals surface area contributed by atoms with Gasteiger partial charge < -0.3 is 24.6 Å². The minimum Gasteiger partial charge on any atom is -0.481 e. The normalized spacial score (nSPS) is 31.5. The molecule has 0 amide bonds. The zero-order valence-corrected chi connectivity index (χ0v) is 17.8. The molecule has 0 unspecified atom stereocenters. The van der Waals surface area contributed by atoms with Crippen LogP contribution in [0.3, 0.4) is 0 Å². The van der Waals surface area contributed by atoms with Crippen molar-refractivity contribution in [1.29, 1.82) is 0 Å². The monoisotopic (exact) mass is 431 g/mol. The van der Waals surface area contributed by atoms with Crippen LogP contribution in [0.5, 0.6) is 11.5 Å². The van der Waals surface area contributed by atoms with E-state index in [9.17, 15) is 19.5 Å². The summed E-state index contributed by atoms with van der Waals surface area (Å²) in [5.74, 6) is -0.262. The van der Waals surface area contributed by atoms with Crippen LogP contribution in [0.1, 0.15) is 63.5 Å². The number of carbonyl (C=O) groups excluding carboxylic acids is 2. The van der Waals surface area contributed by atoms with E-state index < -0.39 is 29.1 Å². The number of Topliss-reactive ketones (excluding diaryl/α,β-unsaturated/α-hetero) is 1. The highest BCUT2D eigenvalue weighted by Gasteiger charge is 2.69. The van der Waals surface area contributed by atoms with Crippen LogP contribution in [-0.4, -0.2) is 46.0 Å². The third-order valence-corrected chi connectivity index (χ3v) is 7.29. The molecule has 2 aliphatic carbocycles. The van der Waals surface area contributed by atoms with E-state index in [0.29, 0.717) is 37.0 Å². The van der Waals surface area contributed by atoms with Crippen LogP contribution in [0.15, 0.2) is 12.1 Å². The fourth-order valence-electron chi connectivity index (χ4n) is 5.89. The molecule has 31 heavy (non-hydrogen) atoms. The first kappa shape index (κ1) is 21.8. The van der Waals surface area contributed by atoms with Crippen LogP contribution < -0.4 is 15.1 Å². The number of aliphatic carboxylic acids is 1. The lowest BCUT2D eigenvalue weighted by Crippen LogP contribution is -2.67. The van der Waals surface area contributed by atoms with Gasteiger partial charge in [0.25, 0.3) is 0 Å². The number of carbonyl (C=O) groups is 3. The van der Waals surface area contributed by atoms with E-state index >= 15 is 0 Å². The molecular formula is C23H29NO7. The van der Waals surface area contributed by atoms with Crippen molar-refractivity contribution in [1.82, 2.24) is 5.48 Å². The molecule has 168 valence electrons. The SMILES string of the molecule is CCC[C@]12c3c4ccc(ON[C@H](C=O)CCC(=O)O)c3O[C@H]1C(=O)CC[C@@]2(O)[C@H](C)C4. The van der Waals surface area contributed by atoms with E-state index in [0.717, 1.165) is 17.5 Å². The van der Waals surface area contributed by atoms with Crippen LogP contribution in [0.25, 0.3) is 0 Å². The summed E-state index contributed by atoms with van der Waals surface area (Å²) in [6.45, 7) is 4.07. The quantitative estimate of drug-likeness (QED) is 0.401. The smallest absolute Gasteiger partial charge is 0.303 e. The molecule has 1 aromatic carbocycles. The summed E-state index contributed by atoms with van der Waals surface area (Å²) in [4.78, 5) is 40.7. The first-order valence-electron chi connectivity index (χ1n) is 11.0. The largest absolute Gasteiger partial charge is 0.481 e. The fraction of sp³-hybridized carbons (Fsp3) is 0.609. The standard InChI is InChI=1S/C23H29NO7/c1-3-9-22-19-14-4-6-17(31-24-15(12-25)5-7-18(27)28)20(19)30-21(22)16(26)8-10-23(22,29)13(2)11-14/h4,6,12-13,15,21,24,29H,3,5,7-11H2,1-2H3,(H,27,28)/t13-,15+,21+,22+,23-/m1/s1. The molecule has 1 aromatic rings. The number of benzene rings is 1. The number of hydroxylamine groups is 1. The van der Waals surface area contributed by atoms with Crippen LogP contribution in [0, 0.1) is 5.92 Å². The molecule has 1 heterocycles. The number of carboxylic acid groups (broad SMARTS) is 1. The molecule has 8 nitrogen and oxygen atoms in total. The van der Waals surface area contributed by atoms with Crippen LogP contribution in [0.2, 0.25) is 0 Å². The Hall–Kier alpha value is -2.45. The van der Waals surface area contributed by atoms with Crippen molar-refractivity contribution in [2.45, 2.75) is 82.0 Å². The number of nitrogens with one attached hydrogen (secondary N) is 1. The topological polar surface area (TPSA) is 122 Å². The van der Waals surface area contributed by atoms with E-state index in [4.69, 9.17) is 14.7 Å². The van der Waals surface area contributed by atoms with Crippen LogP contribution in [-0.2, 0) is 26.2 Å². The summed E-state index contributed by atoms with van der Waals surface area (Å²) < 4.78 is 6.22. The Labute approximate surface area is 180 Å². The Morgan fingerprint density at radius 2 is 2.23 bits per heavy atom. The Kier molecular flexibility index (Phi) is 5.55. The van der Waals surface area contributed by atoms with Gasteiger partial charge in [0.05, 0.1) is 17.1 Å². The second-order valence-electron chi connectivity index (χ2n) is 9.04. The molecule has 3 aliphatic rings. The zero-order chi connectivity index (χ0) is 22.4. The molecule has 1 fully saturated rings. The lowest BCUT2D eigenvalue weighted by Gasteiger charge is -2.56. The first-order chi connectivity index (χ1) is 14.8. The van der Waals surface area contributed by atoms with Gasteiger partial charge in [-0.15, -0.1) is 5.48 Å². The minimum atomic E-state index is -1.04. The summed E-state index contributed by atoms with van der Waals surface area (Å²) in [5, 5.41) is 20.7. The summed E-state index contributed by atoms with van der Waals surface area (Å²) in [6, 6.07) is 2.87. The maximum absolute atomic E-state index is 12.9. The highest BCUT2D eigenvalue weighted by molar-refractivity contribution is 5.89. The Balaban J connectivity index is 1.73. The molecular weight excluding hydrogens is 402 g/mol. The molecule has 5 atom stereocenters. The zero-order valence-electron chi connectivity index (χ0n) is 17.8. The number of rotatable bonds is 9. The highest BCUT2D eigenvalue weighted by atomic mass is 16.7. The van der Waals surface area contributed by atoms with Gasteiger partial charge in [-0.1, -0.05) is 26.3 Å². The third kappa shape index (κ3) is 3.15. The molecule has 8 heteroatoms. The maximum atomic E-state index is 12.9. The predicted octanol–water partition coefficient (Wildman–Crippen LogP) is 2.09. The van der Waals surface area contributed by atoms with Crippen molar-refractivity contribution in [3.8, 4) is 11.5 Å². The fourth-order valence-corrected chi connectivity index (χ4v) is 5.89. The molecule has 3 N–H and O–H groups in total. The van der Waals surface area contributed by atoms with Crippen molar-refractivity contribution >= 4 is 18.0 Å². The van der Waals surface area contributed by atoms with Crippen molar-refractivity contribution < 1.29 is 34.2 Å². The van der Waals surface area contributed by atoms with Gasteiger partial charge in [-0.2, -0.15) is 0 Å². The van der Waals surface area contributed by atoms with E-state index in [1.807, 2.05) is 19.9 Å². The molecule has 0 radical (unpaired) electrons. The lowest BCUT2D eigenvalue weighted by molar-refractivity contribution is -0.164. The van der Waals surface area contributed by atoms with Gasteiger partial charge in [-0.05, 0) is 43.2 Å². The number of carboxylic acids is 1. The van der Waals surface area contributed by atoms with Crippen LogP contribution in [0.4, 0.5) is 0 Å². The van der Waals surface area contributed by atoms with Gasteiger partial charge in [0.2, 0.25) is 0 Å². The van der Waals surface area contributed by atoms with Gasteiger partial charge in [0, 0.05) is 18.4 Å². The van der Waals surface area contributed by atoms with E-state index in [-0.39, 0.29) is 31.0 Å².